The lowest BCUT2D eigenvalue weighted by atomic mass is 9.97. The molecular formula is C18H17N5O2S. The molecule has 2 aromatic heterocycles. The molecule has 4 rings (SSSR count). The number of nitrogens with one attached hydrogen (secondary N) is 1. The quantitative estimate of drug-likeness (QED) is 0.421. The number of aryl methyl sites for hydroxylation is 2. The predicted molar refractivity (Wildman–Crippen MR) is 103 cm³/mol. The number of anilines is 1. The molecular weight excluding hydrogens is 350 g/mol. The Morgan fingerprint density at radius 1 is 1.23 bits per heavy atom. The summed E-state index contributed by atoms with van der Waals surface area (Å²) in [6.07, 6.45) is 6.15. The van der Waals surface area contributed by atoms with Gasteiger partial charge in [-0.1, -0.05) is 0 Å². The Morgan fingerprint density at radius 3 is 2.77 bits per heavy atom. The zero-order valence-corrected chi connectivity index (χ0v) is 15.0. The number of hydrogen-bond donors (Lipinski definition) is 1. The van der Waals surface area contributed by atoms with Crippen LogP contribution < -0.4 is 5.43 Å². The third-order valence-corrected chi connectivity index (χ3v) is 5.78. The SMILES string of the molecule is C/C(=N/Nc1ncnc2sc3c(c12)CCCC3)c1ccc([N+](=O)[O-])cc1. The van der Waals surface area contributed by atoms with E-state index in [0.29, 0.717) is 0 Å². The fraction of sp³-hybridized carbons (Fsp3) is 0.278. The van der Waals surface area contributed by atoms with Gasteiger partial charge in [-0.25, -0.2) is 9.97 Å². The van der Waals surface area contributed by atoms with Crippen LogP contribution in [0.25, 0.3) is 10.2 Å². The standard InChI is InChI=1S/C18H17N5O2S/c1-11(12-6-8-13(9-7-12)23(24)25)21-22-17-16-14-4-2-3-5-15(14)26-18(16)20-10-19-17/h6-10H,2-5H2,1H3,(H,19,20,22)/b21-11-. The van der Waals surface area contributed by atoms with Crippen molar-refractivity contribution in [3.63, 3.8) is 0 Å². The zero-order chi connectivity index (χ0) is 18.1. The van der Waals surface area contributed by atoms with Crippen LogP contribution in [0, 0.1) is 10.1 Å². The van der Waals surface area contributed by atoms with Crippen LogP contribution in [0.4, 0.5) is 11.5 Å². The number of hydrazone groups is 1. The van der Waals surface area contributed by atoms with E-state index in [1.54, 1.807) is 29.8 Å². The van der Waals surface area contributed by atoms with Crippen LogP contribution in [-0.4, -0.2) is 20.6 Å². The van der Waals surface area contributed by atoms with Crippen molar-refractivity contribution in [2.45, 2.75) is 32.6 Å². The lowest BCUT2D eigenvalue weighted by molar-refractivity contribution is -0.384. The number of fused-ring (bicyclic) bond motifs is 3. The Bertz CT molecular complexity index is 1010. The molecule has 0 unspecified atom stereocenters. The second-order valence-electron chi connectivity index (χ2n) is 6.23. The molecule has 0 fully saturated rings. The van der Waals surface area contributed by atoms with E-state index in [1.807, 2.05) is 6.92 Å². The highest BCUT2D eigenvalue weighted by Gasteiger charge is 2.19. The van der Waals surface area contributed by atoms with Gasteiger partial charge in [0.25, 0.3) is 5.69 Å². The van der Waals surface area contributed by atoms with Gasteiger partial charge in [0.1, 0.15) is 11.2 Å². The highest BCUT2D eigenvalue weighted by atomic mass is 32.1. The second kappa shape index (κ2) is 6.80. The average Bonchev–Trinajstić information content (AvgIpc) is 3.05. The summed E-state index contributed by atoms with van der Waals surface area (Å²) in [5.74, 6) is 0.718. The van der Waals surface area contributed by atoms with Crippen LogP contribution in [0.5, 0.6) is 0 Å². The molecule has 0 radical (unpaired) electrons. The Balaban J connectivity index is 1.63. The topological polar surface area (TPSA) is 93.3 Å². The maximum absolute atomic E-state index is 10.8. The number of nitro groups is 1. The lowest BCUT2D eigenvalue weighted by Crippen LogP contribution is -2.03. The summed E-state index contributed by atoms with van der Waals surface area (Å²) >= 11 is 1.75. The third-order valence-electron chi connectivity index (χ3n) is 4.58. The lowest BCUT2D eigenvalue weighted by Gasteiger charge is -2.11. The van der Waals surface area contributed by atoms with Crippen molar-refractivity contribution in [2.75, 3.05) is 5.43 Å². The molecule has 0 atom stereocenters. The van der Waals surface area contributed by atoms with E-state index in [9.17, 15) is 10.1 Å². The monoisotopic (exact) mass is 367 g/mol. The first-order valence-corrected chi connectivity index (χ1v) is 9.25. The Labute approximate surface area is 154 Å². The molecule has 26 heavy (non-hydrogen) atoms. The Morgan fingerprint density at radius 2 is 2.00 bits per heavy atom. The van der Waals surface area contributed by atoms with E-state index >= 15 is 0 Å². The number of aromatic nitrogens is 2. The average molecular weight is 367 g/mol. The fourth-order valence-electron chi connectivity index (χ4n) is 3.20. The molecule has 3 aromatic rings. The highest BCUT2D eigenvalue weighted by Crippen LogP contribution is 2.38. The number of nitro benzene ring substituents is 1. The Kier molecular flexibility index (Phi) is 4.34. The minimum Gasteiger partial charge on any atom is -0.260 e. The molecule has 1 aromatic carbocycles. The highest BCUT2D eigenvalue weighted by molar-refractivity contribution is 7.19. The van der Waals surface area contributed by atoms with Gasteiger partial charge in [0.2, 0.25) is 0 Å². The molecule has 7 nitrogen and oxygen atoms in total. The van der Waals surface area contributed by atoms with Gasteiger partial charge in [0.05, 0.1) is 16.0 Å². The van der Waals surface area contributed by atoms with E-state index in [2.05, 4.69) is 20.5 Å². The first kappa shape index (κ1) is 16.6. The smallest absolute Gasteiger partial charge is 0.260 e. The van der Waals surface area contributed by atoms with Gasteiger partial charge in [-0.2, -0.15) is 5.10 Å². The maximum Gasteiger partial charge on any atom is 0.269 e. The first-order chi connectivity index (χ1) is 12.6. The Hall–Kier alpha value is -2.87. The minimum absolute atomic E-state index is 0.0666. The predicted octanol–water partition coefficient (Wildman–Crippen LogP) is 4.31. The van der Waals surface area contributed by atoms with E-state index in [1.165, 1.54) is 35.4 Å². The first-order valence-electron chi connectivity index (χ1n) is 8.44. The molecule has 132 valence electrons. The summed E-state index contributed by atoms with van der Waals surface area (Å²) in [5, 5.41) is 16.3. The molecule has 0 bridgehead atoms. The molecule has 2 heterocycles. The van der Waals surface area contributed by atoms with Crippen LogP contribution in [0.3, 0.4) is 0 Å². The number of rotatable bonds is 4. The minimum atomic E-state index is -0.411. The van der Waals surface area contributed by atoms with Gasteiger partial charge in [-0.05, 0) is 55.9 Å². The molecule has 0 saturated heterocycles. The second-order valence-corrected chi connectivity index (χ2v) is 7.31. The van der Waals surface area contributed by atoms with Gasteiger partial charge in [0.15, 0.2) is 5.82 Å². The van der Waals surface area contributed by atoms with Crippen molar-refractivity contribution in [1.82, 2.24) is 9.97 Å². The van der Waals surface area contributed by atoms with Gasteiger partial charge in [-0.3, -0.25) is 15.5 Å². The van der Waals surface area contributed by atoms with Gasteiger partial charge in [0, 0.05) is 17.0 Å². The summed E-state index contributed by atoms with van der Waals surface area (Å²) in [7, 11) is 0. The number of nitrogens with zero attached hydrogens (tertiary/aromatic N) is 4. The molecule has 0 saturated carbocycles. The maximum atomic E-state index is 10.8. The van der Waals surface area contributed by atoms with Crippen LogP contribution in [0.2, 0.25) is 0 Å². The molecule has 1 aliphatic carbocycles. The summed E-state index contributed by atoms with van der Waals surface area (Å²) in [6.45, 7) is 1.86. The summed E-state index contributed by atoms with van der Waals surface area (Å²) in [5.41, 5.74) is 6.04. The molecule has 0 spiro atoms. The third kappa shape index (κ3) is 3.03. The zero-order valence-electron chi connectivity index (χ0n) is 14.2. The van der Waals surface area contributed by atoms with Crippen molar-refractivity contribution in [1.29, 1.82) is 0 Å². The van der Waals surface area contributed by atoms with Crippen LogP contribution in [0.15, 0.2) is 35.7 Å². The number of thiophene rings is 1. The summed E-state index contributed by atoms with van der Waals surface area (Å²) in [4.78, 5) is 21.5. The van der Waals surface area contributed by atoms with E-state index in [4.69, 9.17) is 0 Å². The van der Waals surface area contributed by atoms with Crippen molar-refractivity contribution in [3.8, 4) is 0 Å². The normalized spacial score (nSPS) is 14.3. The van der Waals surface area contributed by atoms with E-state index < -0.39 is 4.92 Å². The van der Waals surface area contributed by atoms with Crippen molar-refractivity contribution in [3.05, 3.63) is 56.7 Å². The van der Waals surface area contributed by atoms with Crippen molar-refractivity contribution in [2.24, 2.45) is 5.10 Å². The molecule has 1 N–H and O–H groups in total. The molecule has 8 heteroatoms. The summed E-state index contributed by atoms with van der Waals surface area (Å²) < 4.78 is 0. The number of hydrogen-bond acceptors (Lipinski definition) is 7. The van der Waals surface area contributed by atoms with Gasteiger partial charge < -0.3 is 0 Å². The van der Waals surface area contributed by atoms with Crippen molar-refractivity contribution >= 4 is 38.8 Å². The molecule has 0 aliphatic heterocycles. The van der Waals surface area contributed by atoms with Crippen LogP contribution >= 0.6 is 11.3 Å². The van der Waals surface area contributed by atoms with Crippen LogP contribution in [-0.2, 0) is 12.8 Å². The number of benzene rings is 1. The fourth-order valence-corrected chi connectivity index (χ4v) is 4.43. The van der Waals surface area contributed by atoms with E-state index in [-0.39, 0.29) is 5.69 Å². The molecule has 0 amide bonds. The van der Waals surface area contributed by atoms with Gasteiger partial charge in [-0.15, -0.1) is 11.3 Å². The largest absolute Gasteiger partial charge is 0.269 e. The summed E-state index contributed by atoms with van der Waals surface area (Å²) in [6, 6.07) is 6.35. The number of non-ortho nitro benzene ring substituents is 1. The van der Waals surface area contributed by atoms with E-state index in [0.717, 1.165) is 40.2 Å². The van der Waals surface area contributed by atoms with Crippen molar-refractivity contribution < 1.29 is 4.92 Å². The van der Waals surface area contributed by atoms with Gasteiger partial charge >= 0.3 is 0 Å². The van der Waals surface area contributed by atoms with Crippen LogP contribution in [0.1, 0.15) is 35.8 Å². The molecule has 1 aliphatic rings.